The Labute approximate surface area is 121 Å². The fourth-order valence-corrected chi connectivity index (χ4v) is 3.19. The van der Waals surface area contributed by atoms with Gasteiger partial charge in [0.05, 0.1) is 18.8 Å². The first-order valence-electron chi connectivity index (χ1n) is 7.15. The zero-order valence-electron chi connectivity index (χ0n) is 12.5. The number of ether oxygens (including phenoxy) is 1. The summed E-state index contributed by atoms with van der Waals surface area (Å²) in [6.45, 7) is 0.806. The smallest absolute Gasteiger partial charge is 0.119 e. The standard InChI is InChI=1S/C16H25NO3/c1-17(2)11-13-7-8-14(18)10-16(13,19)12-5-4-6-15(9-12)20-3/h4-6,9,13-14,18-19H,7-8,10-11H2,1-3H3/t13-,14+,16-/m1/s1. The summed E-state index contributed by atoms with van der Waals surface area (Å²) >= 11 is 0. The third-order valence-corrected chi connectivity index (χ3v) is 4.23. The number of hydrogen-bond donors (Lipinski definition) is 2. The second-order valence-corrected chi connectivity index (χ2v) is 6.05. The zero-order valence-corrected chi connectivity index (χ0v) is 12.5. The number of hydrogen-bond acceptors (Lipinski definition) is 4. The molecule has 4 heteroatoms. The van der Waals surface area contributed by atoms with Crippen molar-refractivity contribution in [2.75, 3.05) is 27.7 Å². The summed E-state index contributed by atoms with van der Waals surface area (Å²) in [5, 5.41) is 21.2. The number of benzene rings is 1. The van der Waals surface area contributed by atoms with E-state index in [9.17, 15) is 10.2 Å². The van der Waals surface area contributed by atoms with Gasteiger partial charge in [-0.3, -0.25) is 0 Å². The molecule has 0 aromatic heterocycles. The van der Waals surface area contributed by atoms with Crippen LogP contribution < -0.4 is 4.74 Å². The lowest BCUT2D eigenvalue weighted by Gasteiger charge is -2.43. The van der Waals surface area contributed by atoms with Crippen molar-refractivity contribution in [1.82, 2.24) is 4.90 Å². The predicted molar refractivity (Wildman–Crippen MR) is 78.8 cm³/mol. The van der Waals surface area contributed by atoms with E-state index >= 15 is 0 Å². The van der Waals surface area contributed by atoms with Gasteiger partial charge in [-0.1, -0.05) is 12.1 Å². The van der Waals surface area contributed by atoms with E-state index in [1.54, 1.807) is 7.11 Å². The highest BCUT2D eigenvalue weighted by Crippen LogP contribution is 2.42. The van der Waals surface area contributed by atoms with E-state index < -0.39 is 11.7 Å². The number of aliphatic hydroxyl groups excluding tert-OH is 1. The van der Waals surface area contributed by atoms with Gasteiger partial charge in [-0.05, 0) is 44.6 Å². The minimum Gasteiger partial charge on any atom is -0.497 e. The van der Waals surface area contributed by atoms with Gasteiger partial charge < -0.3 is 19.8 Å². The van der Waals surface area contributed by atoms with Crippen molar-refractivity contribution in [2.45, 2.75) is 31.0 Å². The molecule has 4 nitrogen and oxygen atoms in total. The van der Waals surface area contributed by atoms with E-state index in [-0.39, 0.29) is 5.92 Å². The molecular weight excluding hydrogens is 254 g/mol. The van der Waals surface area contributed by atoms with Crippen LogP contribution in [0.1, 0.15) is 24.8 Å². The van der Waals surface area contributed by atoms with Crippen LogP contribution in [-0.4, -0.2) is 49.0 Å². The summed E-state index contributed by atoms with van der Waals surface area (Å²) in [6.07, 6.45) is 1.53. The summed E-state index contributed by atoms with van der Waals surface area (Å²) in [6, 6.07) is 7.55. The molecule has 1 aromatic carbocycles. The molecule has 1 aliphatic carbocycles. The van der Waals surface area contributed by atoms with Crippen LogP contribution in [-0.2, 0) is 5.60 Å². The molecule has 0 heterocycles. The molecule has 20 heavy (non-hydrogen) atoms. The zero-order chi connectivity index (χ0) is 14.8. The summed E-state index contributed by atoms with van der Waals surface area (Å²) in [5.41, 5.74) is -0.154. The van der Waals surface area contributed by atoms with E-state index in [1.165, 1.54) is 0 Å². The van der Waals surface area contributed by atoms with E-state index in [2.05, 4.69) is 4.90 Å². The Kier molecular flexibility index (Phi) is 4.68. The lowest BCUT2D eigenvalue weighted by atomic mass is 9.70. The Bertz CT molecular complexity index is 449. The largest absolute Gasteiger partial charge is 0.497 e. The summed E-state index contributed by atoms with van der Waals surface area (Å²) < 4.78 is 5.25. The highest BCUT2D eigenvalue weighted by Gasteiger charge is 2.43. The molecule has 0 unspecified atom stereocenters. The summed E-state index contributed by atoms with van der Waals surface area (Å²) in [4.78, 5) is 2.09. The maximum atomic E-state index is 11.2. The molecule has 0 saturated heterocycles. The van der Waals surface area contributed by atoms with Crippen LogP contribution >= 0.6 is 0 Å². The lowest BCUT2D eigenvalue weighted by molar-refractivity contribution is -0.0992. The maximum absolute atomic E-state index is 11.2. The van der Waals surface area contributed by atoms with Crippen LogP contribution in [0.25, 0.3) is 0 Å². The fraction of sp³-hybridized carbons (Fsp3) is 0.625. The highest BCUT2D eigenvalue weighted by atomic mass is 16.5. The Morgan fingerprint density at radius 2 is 2.10 bits per heavy atom. The Hall–Kier alpha value is -1.10. The van der Waals surface area contributed by atoms with Gasteiger partial charge in [-0.25, -0.2) is 0 Å². The molecule has 1 fully saturated rings. The molecule has 112 valence electrons. The van der Waals surface area contributed by atoms with Gasteiger partial charge in [0.15, 0.2) is 0 Å². The van der Waals surface area contributed by atoms with Crippen molar-refractivity contribution in [3.05, 3.63) is 29.8 Å². The minimum absolute atomic E-state index is 0.119. The third-order valence-electron chi connectivity index (χ3n) is 4.23. The van der Waals surface area contributed by atoms with Crippen LogP contribution in [0.3, 0.4) is 0 Å². The second kappa shape index (κ2) is 6.12. The van der Waals surface area contributed by atoms with Crippen LogP contribution in [0.5, 0.6) is 5.75 Å². The summed E-state index contributed by atoms with van der Waals surface area (Å²) in [5.74, 6) is 0.854. The molecule has 0 aliphatic heterocycles. The first-order chi connectivity index (χ1) is 9.45. The molecule has 2 N–H and O–H groups in total. The van der Waals surface area contributed by atoms with Crippen molar-refractivity contribution in [2.24, 2.45) is 5.92 Å². The molecule has 1 aliphatic rings. The van der Waals surface area contributed by atoms with E-state index in [4.69, 9.17) is 4.74 Å². The minimum atomic E-state index is -0.990. The molecule has 1 saturated carbocycles. The quantitative estimate of drug-likeness (QED) is 0.879. The molecule has 0 amide bonds. The van der Waals surface area contributed by atoms with Crippen molar-refractivity contribution >= 4 is 0 Å². The van der Waals surface area contributed by atoms with Crippen molar-refractivity contribution in [3.63, 3.8) is 0 Å². The topological polar surface area (TPSA) is 52.9 Å². The van der Waals surface area contributed by atoms with Gasteiger partial charge in [-0.15, -0.1) is 0 Å². The molecule has 0 radical (unpaired) electrons. The maximum Gasteiger partial charge on any atom is 0.119 e. The molecule has 3 atom stereocenters. The normalized spacial score (nSPS) is 30.5. The third kappa shape index (κ3) is 3.14. The predicted octanol–water partition coefficient (Wildman–Crippen LogP) is 1.61. The van der Waals surface area contributed by atoms with Crippen LogP contribution in [0.15, 0.2) is 24.3 Å². The van der Waals surface area contributed by atoms with Gasteiger partial charge in [-0.2, -0.15) is 0 Å². The van der Waals surface area contributed by atoms with E-state index in [0.717, 1.165) is 30.7 Å². The fourth-order valence-electron chi connectivity index (χ4n) is 3.19. The van der Waals surface area contributed by atoms with Crippen molar-refractivity contribution in [3.8, 4) is 5.75 Å². The van der Waals surface area contributed by atoms with E-state index in [0.29, 0.717) is 6.42 Å². The number of nitrogens with zero attached hydrogens (tertiary/aromatic N) is 1. The molecule has 0 bridgehead atoms. The highest BCUT2D eigenvalue weighted by molar-refractivity contribution is 5.33. The van der Waals surface area contributed by atoms with Gasteiger partial charge >= 0.3 is 0 Å². The lowest BCUT2D eigenvalue weighted by Crippen LogP contribution is -2.46. The van der Waals surface area contributed by atoms with Gasteiger partial charge in [0.25, 0.3) is 0 Å². The van der Waals surface area contributed by atoms with Crippen molar-refractivity contribution in [1.29, 1.82) is 0 Å². The molecular formula is C16H25NO3. The van der Waals surface area contributed by atoms with Crippen LogP contribution in [0.4, 0.5) is 0 Å². The van der Waals surface area contributed by atoms with E-state index in [1.807, 2.05) is 38.4 Å². The number of rotatable bonds is 4. The van der Waals surface area contributed by atoms with Crippen LogP contribution in [0.2, 0.25) is 0 Å². The molecule has 2 rings (SSSR count). The molecule has 1 aromatic rings. The van der Waals surface area contributed by atoms with Crippen molar-refractivity contribution < 1.29 is 14.9 Å². The second-order valence-electron chi connectivity index (χ2n) is 6.05. The number of aliphatic hydroxyl groups is 2. The van der Waals surface area contributed by atoms with Gasteiger partial charge in [0.2, 0.25) is 0 Å². The first kappa shape index (κ1) is 15.3. The Morgan fingerprint density at radius 3 is 2.75 bits per heavy atom. The first-order valence-corrected chi connectivity index (χ1v) is 7.15. The SMILES string of the molecule is COc1cccc([C@]2(O)C[C@@H](O)CC[C@@H]2CN(C)C)c1. The van der Waals surface area contributed by atoms with Gasteiger partial charge in [0.1, 0.15) is 5.75 Å². The average molecular weight is 279 g/mol. The molecule has 0 spiro atoms. The Morgan fingerprint density at radius 1 is 1.35 bits per heavy atom. The van der Waals surface area contributed by atoms with Crippen LogP contribution in [0, 0.1) is 5.92 Å². The Balaban J connectivity index is 2.34. The number of methoxy groups -OCH3 is 1. The van der Waals surface area contributed by atoms with Gasteiger partial charge in [0, 0.05) is 18.9 Å². The summed E-state index contributed by atoms with van der Waals surface area (Å²) in [7, 11) is 5.64. The monoisotopic (exact) mass is 279 g/mol. The average Bonchev–Trinajstić information content (AvgIpc) is 2.42.